The molecule has 26 heavy (non-hydrogen) atoms. The van der Waals surface area contributed by atoms with E-state index in [0.29, 0.717) is 24.8 Å². The molecule has 2 aliphatic heterocycles. The summed E-state index contributed by atoms with van der Waals surface area (Å²) in [5.41, 5.74) is 1.20. The molecule has 1 amide bonds. The molecule has 0 radical (unpaired) electrons. The minimum absolute atomic E-state index is 0.164. The first-order valence-electron chi connectivity index (χ1n) is 9.52. The maximum absolute atomic E-state index is 12.5. The number of amides is 1. The van der Waals surface area contributed by atoms with Crippen LogP contribution in [-0.4, -0.2) is 47.3 Å². The average Bonchev–Trinajstić information content (AvgIpc) is 3.37. The standard InChI is InChI=1S/C20H25N3O3/c24-18(7-6-15-4-2-1-3-5-15)23-11-8-17(14-23)20-21-19(22-26-20)16-9-12-25-13-10-16/h1-5,16-17H,6-14H2. The minimum Gasteiger partial charge on any atom is -0.381 e. The number of carbonyl (C=O) groups is 1. The molecule has 6 nitrogen and oxygen atoms in total. The molecule has 3 heterocycles. The van der Waals surface area contributed by atoms with Crippen molar-refractivity contribution in [2.24, 2.45) is 0 Å². The Labute approximate surface area is 153 Å². The molecule has 0 N–H and O–H groups in total. The molecule has 0 spiro atoms. The number of nitrogens with zero attached hydrogens (tertiary/aromatic N) is 3. The van der Waals surface area contributed by atoms with E-state index in [1.54, 1.807) is 0 Å². The summed E-state index contributed by atoms with van der Waals surface area (Å²) < 4.78 is 10.9. The Morgan fingerprint density at radius 2 is 1.92 bits per heavy atom. The predicted octanol–water partition coefficient (Wildman–Crippen LogP) is 2.91. The monoisotopic (exact) mass is 355 g/mol. The van der Waals surface area contributed by atoms with Crippen LogP contribution in [0, 0.1) is 0 Å². The number of aromatic nitrogens is 2. The average molecular weight is 355 g/mol. The van der Waals surface area contributed by atoms with Crippen LogP contribution in [0.4, 0.5) is 0 Å². The maximum atomic E-state index is 12.5. The third-order valence-corrected chi connectivity index (χ3v) is 5.40. The number of aryl methyl sites for hydroxylation is 1. The molecule has 0 aliphatic carbocycles. The molecule has 1 unspecified atom stereocenters. The number of carbonyl (C=O) groups excluding carboxylic acids is 1. The Kier molecular flexibility index (Phi) is 5.29. The summed E-state index contributed by atoms with van der Waals surface area (Å²) in [5, 5.41) is 4.19. The maximum Gasteiger partial charge on any atom is 0.231 e. The van der Waals surface area contributed by atoms with Crippen LogP contribution in [0.3, 0.4) is 0 Å². The van der Waals surface area contributed by atoms with Crippen LogP contribution in [0.5, 0.6) is 0 Å². The van der Waals surface area contributed by atoms with Crippen molar-refractivity contribution in [2.45, 2.75) is 43.9 Å². The van der Waals surface area contributed by atoms with Gasteiger partial charge in [0.15, 0.2) is 5.82 Å². The van der Waals surface area contributed by atoms with Crippen molar-refractivity contribution in [3.8, 4) is 0 Å². The van der Waals surface area contributed by atoms with Gasteiger partial charge in [-0.3, -0.25) is 4.79 Å². The number of hydrogen-bond acceptors (Lipinski definition) is 5. The van der Waals surface area contributed by atoms with Crippen molar-refractivity contribution < 1.29 is 14.1 Å². The second kappa shape index (κ2) is 7.99. The Hall–Kier alpha value is -2.21. The van der Waals surface area contributed by atoms with Crippen molar-refractivity contribution in [3.05, 3.63) is 47.6 Å². The summed E-state index contributed by atoms with van der Waals surface area (Å²) in [4.78, 5) is 19.1. The molecule has 1 aromatic heterocycles. The molecule has 2 aliphatic rings. The molecular formula is C20H25N3O3. The van der Waals surface area contributed by atoms with Gasteiger partial charge in [-0.1, -0.05) is 35.5 Å². The van der Waals surface area contributed by atoms with Crippen molar-refractivity contribution in [2.75, 3.05) is 26.3 Å². The van der Waals surface area contributed by atoms with E-state index in [1.807, 2.05) is 23.1 Å². The van der Waals surface area contributed by atoms with Crippen LogP contribution in [0.25, 0.3) is 0 Å². The van der Waals surface area contributed by atoms with Gasteiger partial charge in [0.05, 0.1) is 5.92 Å². The van der Waals surface area contributed by atoms with Crippen molar-refractivity contribution >= 4 is 5.91 Å². The summed E-state index contributed by atoms with van der Waals surface area (Å²) in [7, 11) is 0. The van der Waals surface area contributed by atoms with Gasteiger partial charge < -0.3 is 14.2 Å². The van der Waals surface area contributed by atoms with Gasteiger partial charge in [-0.15, -0.1) is 0 Å². The highest BCUT2D eigenvalue weighted by Crippen LogP contribution is 2.30. The SMILES string of the molecule is O=C(CCc1ccccc1)N1CCC(c2nc(C3CCOCC3)no2)C1. The van der Waals surface area contributed by atoms with Gasteiger partial charge >= 0.3 is 0 Å². The van der Waals surface area contributed by atoms with Crippen molar-refractivity contribution in [3.63, 3.8) is 0 Å². The van der Waals surface area contributed by atoms with E-state index in [2.05, 4.69) is 22.3 Å². The van der Waals surface area contributed by atoms with Crippen molar-refractivity contribution in [1.82, 2.24) is 15.0 Å². The van der Waals surface area contributed by atoms with E-state index in [0.717, 1.165) is 51.3 Å². The fourth-order valence-corrected chi connectivity index (χ4v) is 3.78. The highest BCUT2D eigenvalue weighted by atomic mass is 16.5. The molecule has 0 saturated carbocycles. The smallest absolute Gasteiger partial charge is 0.231 e. The zero-order valence-electron chi connectivity index (χ0n) is 15.0. The van der Waals surface area contributed by atoms with Gasteiger partial charge in [-0.25, -0.2) is 0 Å². The third kappa shape index (κ3) is 3.96. The van der Waals surface area contributed by atoms with Gasteiger partial charge in [-0.05, 0) is 31.2 Å². The lowest BCUT2D eigenvalue weighted by molar-refractivity contribution is -0.130. The van der Waals surface area contributed by atoms with Gasteiger partial charge in [0, 0.05) is 38.6 Å². The van der Waals surface area contributed by atoms with Crippen LogP contribution in [0.1, 0.15) is 54.8 Å². The highest BCUT2D eigenvalue weighted by molar-refractivity contribution is 5.76. The van der Waals surface area contributed by atoms with E-state index in [1.165, 1.54) is 5.56 Å². The Morgan fingerprint density at radius 1 is 1.12 bits per heavy atom. The first kappa shape index (κ1) is 17.2. The van der Waals surface area contributed by atoms with E-state index in [4.69, 9.17) is 9.26 Å². The second-order valence-electron chi connectivity index (χ2n) is 7.19. The topological polar surface area (TPSA) is 68.5 Å². The van der Waals surface area contributed by atoms with E-state index in [-0.39, 0.29) is 11.8 Å². The lowest BCUT2D eigenvalue weighted by Gasteiger charge is -2.18. The molecule has 4 rings (SSSR count). The zero-order chi connectivity index (χ0) is 17.8. The molecule has 138 valence electrons. The molecule has 2 saturated heterocycles. The quantitative estimate of drug-likeness (QED) is 0.825. The van der Waals surface area contributed by atoms with Crippen LogP contribution in [-0.2, 0) is 16.0 Å². The highest BCUT2D eigenvalue weighted by Gasteiger charge is 2.32. The summed E-state index contributed by atoms with van der Waals surface area (Å²) in [6, 6.07) is 10.1. The number of rotatable bonds is 5. The van der Waals surface area contributed by atoms with Crippen molar-refractivity contribution in [1.29, 1.82) is 0 Å². The summed E-state index contributed by atoms with van der Waals surface area (Å²) in [6.45, 7) is 2.99. The largest absolute Gasteiger partial charge is 0.381 e. The van der Waals surface area contributed by atoms with Crippen LogP contribution in [0.15, 0.2) is 34.9 Å². The normalized spacial score (nSPS) is 21.2. The number of hydrogen-bond donors (Lipinski definition) is 0. The van der Waals surface area contributed by atoms with E-state index >= 15 is 0 Å². The number of benzene rings is 1. The van der Waals surface area contributed by atoms with E-state index in [9.17, 15) is 4.79 Å². The third-order valence-electron chi connectivity index (χ3n) is 5.40. The molecule has 2 fully saturated rings. The molecule has 0 bridgehead atoms. The predicted molar refractivity (Wildman–Crippen MR) is 95.8 cm³/mol. The summed E-state index contributed by atoms with van der Waals surface area (Å²) in [6.07, 6.45) is 4.14. The van der Waals surface area contributed by atoms with Gasteiger partial charge in [0.2, 0.25) is 11.8 Å². The lowest BCUT2D eigenvalue weighted by Crippen LogP contribution is -2.28. The van der Waals surface area contributed by atoms with E-state index < -0.39 is 0 Å². The van der Waals surface area contributed by atoms with Crippen LogP contribution >= 0.6 is 0 Å². The summed E-state index contributed by atoms with van der Waals surface area (Å²) in [5.74, 6) is 2.20. The molecule has 2 aromatic rings. The molecule has 1 atom stereocenters. The fraction of sp³-hybridized carbons (Fsp3) is 0.550. The van der Waals surface area contributed by atoms with Gasteiger partial charge in [0.1, 0.15) is 0 Å². The fourth-order valence-electron chi connectivity index (χ4n) is 3.78. The lowest BCUT2D eigenvalue weighted by atomic mass is 10.00. The summed E-state index contributed by atoms with van der Waals surface area (Å²) >= 11 is 0. The Balaban J connectivity index is 1.30. The number of ether oxygens (including phenoxy) is 1. The second-order valence-corrected chi connectivity index (χ2v) is 7.19. The first-order valence-corrected chi connectivity index (χ1v) is 9.52. The first-order chi connectivity index (χ1) is 12.8. The van der Waals surface area contributed by atoms with Crippen LogP contribution < -0.4 is 0 Å². The molecule has 6 heteroatoms. The molecular weight excluding hydrogens is 330 g/mol. The van der Waals surface area contributed by atoms with Gasteiger partial charge in [-0.2, -0.15) is 4.98 Å². The Morgan fingerprint density at radius 3 is 2.73 bits per heavy atom. The van der Waals surface area contributed by atoms with Crippen LogP contribution in [0.2, 0.25) is 0 Å². The van der Waals surface area contributed by atoms with Gasteiger partial charge in [0.25, 0.3) is 0 Å². The number of likely N-dealkylation sites (tertiary alicyclic amines) is 1. The molecule has 1 aromatic carbocycles. The minimum atomic E-state index is 0.164. The zero-order valence-corrected chi connectivity index (χ0v) is 15.0. The Bertz CT molecular complexity index is 725.